The summed E-state index contributed by atoms with van der Waals surface area (Å²) >= 11 is 1.26. The lowest BCUT2D eigenvalue weighted by Gasteiger charge is -2.10. The number of nitrogen functional groups attached to an aromatic ring is 1. The summed E-state index contributed by atoms with van der Waals surface area (Å²) in [7, 11) is 0. The van der Waals surface area contributed by atoms with Gasteiger partial charge in [-0.15, -0.1) is 10.2 Å². The van der Waals surface area contributed by atoms with Crippen molar-refractivity contribution in [2.45, 2.75) is 44.7 Å². The standard InChI is InChI=1S/C16H23N5O2S/c1-5-18-15(22)12(4)24-16-20-19-14(21(16)17)9-23-13-7-10(2)6-11(3)8-13/h6-8,12H,5,9,17H2,1-4H3,(H,18,22)/t12-/m0/s1. The van der Waals surface area contributed by atoms with Gasteiger partial charge in [0.05, 0.1) is 5.25 Å². The van der Waals surface area contributed by atoms with Gasteiger partial charge in [-0.25, -0.2) is 4.68 Å². The number of aromatic nitrogens is 3. The van der Waals surface area contributed by atoms with E-state index in [1.54, 1.807) is 6.92 Å². The molecule has 0 radical (unpaired) electrons. The number of amides is 1. The molecule has 0 bridgehead atoms. The molecular weight excluding hydrogens is 326 g/mol. The number of thioether (sulfide) groups is 1. The minimum atomic E-state index is -0.301. The van der Waals surface area contributed by atoms with Crippen LogP contribution in [0, 0.1) is 13.8 Å². The average molecular weight is 349 g/mol. The molecule has 7 nitrogen and oxygen atoms in total. The number of nitrogens with two attached hydrogens (primary N) is 1. The number of carbonyl (C=O) groups excluding carboxylic acids is 1. The van der Waals surface area contributed by atoms with Crippen LogP contribution in [-0.4, -0.2) is 32.6 Å². The van der Waals surface area contributed by atoms with Crippen molar-refractivity contribution < 1.29 is 9.53 Å². The molecule has 0 spiro atoms. The molecule has 1 atom stereocenters. The highest BCUT2D eigenvalue weighted by Crippen LogP contribution is 2.22. The maximum Gasteiger partial charge on any atom is 0.233 e. The second-order valence-electron chi connectivity index (χ2n) is 5.54. The van der Waals surface area contributed by atoms with Crippen molar-refractivity contribution in [3.8, 4) is 5.75 Å². The molecule has 3 N–H and O–H groups in total. The van der Waals surface area contributed by atoms with E-state index in [1.807, 2.05) is 32.9 Å². The van der Waals surface area contributed by atoms with Crippen LogP contribution in [0.15, 0.2) is 23.4 Å². The molecule has 2 aromatic rings. The van der Waals surface area contributed by atoms with E-state index in [1.165, 1.54) is 16.4 Å². The summed E-state index contributed by atoms with van der Waals surface area (Å²) in [6.45, 7) is 8.52. The zero-order chi connectivity index (χ0) is 17.7. The fourth-order valence-corrected chi connectivity index (χ4v) is 2.99. The first-order valence-electron chi connectivity index (χ1n) is 7.75. The van der Waals surface area contributed by atoms with Gasteiger partial charge in [-0.05, 0) is 51.0 Å². The SMILES string of the molecule is CCNC(=O)[C@H](C)Sc1nnc(COc2cc(C)cc(C)c2)n1N. The summed E-state index contributed by atoms with van der Waals surface area (Å²) in [4.78, 5) is 11.8. The van der Waals surface area contributed by atoms with Crippen molar-refractivity contribution in [2.24, 2.45) is 0 Å². The Morgan fingerprint density at radius 1 is 1.33 bits per heavy atom. The van der Waals surface area contributed by atoms with Crippen LogP contribution < -0.4 is 15.9 Å². The third-order valence-corrected chi connectivity index (χ3v) is 4.36. The molecule has 1 heterocycles. The monoisotopic (exact) mass is 349 g/mol. The van der Waals surface area contributed by atoms with Crippen molar-refractivity contribution >= 4 is 17.7 Å². The van der Waals surface area contributed by atoms with E-state index in [0.717, 1.165) is 16.9 Å². The minimum Gasteiger partial charge on any atom is -0.486 e. The largest absolute Gasteiger partial charge is 0.486 e. The molecule has 0 aliphatic heterocycles. The summed E-state index contributed by atoms with van der Waals surface area (Å²) < 4.78 is 7.11. The summed E-state index contributed by atoms with van der Waals surface area (Å²) in [5.74, 6) is 7.22. The number of benzene rings is 1. The van der Waals surface area contributed by atoms with E-state index in [2.05, 4.69) is 21.6 Å². The molecular formula is C16H23N5O2S. The molecule has 0 unspecified atom stereocenters. The van der Waals surface area contributed by atoms with E-state index in [4.69, 9.17) is 10.6 Å². The second-order valence-corrected chi connectivity index (χ2v) is 6.84. The van der Waals surface area contributed by atoms with E-state index >= 15 is 0 Å². The van der Waals surface area contributed by atoms with Gasteiger partial charge >= 0.3 is 0 Å². The molecule has 24 heavy (non-hydrogen) atoms. The summed E-state index contributed by atoms with van der Waals surface area (Å²) in [5, 5.41) is 11.0. The van der Waals surface area contributed by atoms with Gasteiger partial charge in [0.15, 0.2) is 5.82 Å². The third-order valence-electron chi connectivity index (χ3n) is 3.30. The first kappa shape index (κ1) is 18.1. The smallest absolute Gasteiger partial charge is 0.233 e. The average Bonchev–Trinajstić information content (AvgIpc) is 2.85. The van der Waals surface area contributed by atoms with Crippen LogP contribution >= 0.6 is 11.8 Å². The fourth-order valence-electron chi connectivity index (χ4n) is 2.18. The van der Waals surface area contributed by atoms with Gasteiger partial charge in [-0.2, -0.15) is 0 Å². The molecule has 0 fully saturated rings. The van der Waals surface area contributed by atoms with E-state index in [9.17, 15) is 4.79 Å². The summed E-state index contributed by atoms with van der Waals surface area (Å²) in [6, 6.07) is 5.99. The number of hydrogen-bond donors (Lipinski definition) is 2. The normalized spacial score (nSPS) is 12.0. The highest BCUT2D eigenvalue weighted by Gasteiger charge is 2.19. The third kappa shape index (κ3) is 4.64. The number of nitrogens with one attached hydrogen (secondary N) is 1. The minimum absolute atomic E-state index is 0.0569. The molecule has 130 valence electrons. The number of hydrogen-bond acceptors (Lipinski definition) is 6. The molecule has 1 amide bonds. The lowest BCUT2D eigenvalue weighted by atomic mass is 10.1. The van der Waals surface area contributed by atoms with Gasteiger partial charge in [0.25, 0.3) is 0 Å². The van der Waals surface area contributed by atoms with Crippen molar-refractivity contribution in [3.63, 3.8) is 0 Å². The summed E-state index contributed by atoms with van der Waals surface area (Å²) in [6.07, 6.45) is 0. The molecule has 1 aromatic heterocycles. The Labute approximate surface area is 145 Å². The van der Waals surface area contributed by atoms with Gasteiger partial charge < -0.3 is 15.9 Å². The number of rotatable bonds is 7. The van der Waals surface area contributed by atoms with Crippen LogP contribution in [0.4, 0.5) is 0 Å². The molecule has 8 heteroatoms. The van der Waals surface area contributed by atoms with Crippen molar-refractivity contribution in [3.05, 3.63) is 35.2 Å². The molecule has 0 aliphatic carbocycles. The van der Waals surface area contributed by atoms with Crippen LogP contribution in [0.25, 0.3) is 0 Å². The predicted molar refractivity (Wildman–Crippen MR) is 94.4 cm³/mol. The second kappa shape index (κ2) is 8.05. The number of carbonyl (C=O) groups is 1. The lowest BCUT2D eigenvalue weighted by Crippen LogP contribution is -2.31. The van der Waals surface area contributed by atoms with Crippen LogP contribution in [-0.2, 0) is 11.4 Å². The molecule has 0 aliphatic rings. The van der Waals surface area contributed by atoms with Gasteiger partial charge in [0.2, 0.25) is 11.1 Å². The topological polar surface area (TPSA) is 95.1 Å². The van der Waals surface area contributed by atoms with Crippen molar-refractivity contribution in [1.82, 2.24) is 20.2 Å². The zero-order valence-corrected chi connectivity index (χ0v) is 15.2. The Morgan fingerprint density at radius 3 is 2.62 bits per heavy atom. The molecule has 0 saturated heterocycles. The Morgan fingerprint density at radius 2 is 2.00 bits per heavy atom. The Balaban J connectivity index is 2.00. The number of ether oxygens (including phenoxy) is 1. The van der Waals surface area contributed by atoms with Gasteiger partial charge in [-0.1, -0.05) is 17.8 Å². The number of nitrogens with zero attached hydrogens (tertiary/aromatic N) is 3. The van der Waals surface area contributed by atoms with Crippen LogP contribution in [0.3, 0.4) is 0 Å². The van der Waals surface area contributed by atoms with E-state index in [-0.39, 0.29) is 17.8 Å². The maximum atomic E-state index is 11.8. The van der Waals surface area contributed by atoms with Crippen molar-refractivity contribution in [2.75, 3.05) is 12.4 Å². The van der Waals surface area contributed by atoms with E-state index in [0.29, 0.717) is 17.5 Å². The van der Waals surface area contributed by atoms with Gasteiger partial charge in [0, 0.05) is 6.54 Å². The van der Waals surface area contributed by atoms with Crippen LogP contribution in [0.5, 0.6) is 5.75 Å². The molecule has 0 saturated carbocycles. The quantitative estimate of drug-likeness (QED) is 0.585. The molecule has 1 aromatic carbocycles. The van der Waals surface area contributed by atoms with Crippen LogP contribution in [0.1, 0.15) is 30.8 Å². The maximum absolute atomic E-state index is 11.8. The predicted octanol–water partition coefficient (Wildman–Crippen LogP) is 1.80. The van der Waals surface area contributed by atoms with Crippen LogP contribution in [0.2, 0.25) is 0 Å². The van der Waals surface area contributed by atoms with Crippen molar-refractivity contribution in [1.29, 1.82) is 0 Å². The Bertz CT molecular complexity index is 696. The Kier molecular flexibility index (Phi) is 6.08. The summed E-state index contributed by atoms with van der Waals surface area (Å²) in [5.41, 5.74) is 2.26. The number of aryl methyl sites for hydroxylation is 2. The van der Waals surface area contributed by atoms with Gasteiger partial charge in [-0.3, -0.25) is 4.79 Å². The first-order valence-corrected chi connectivity index (χ1v) is 8.63. The highest BCUT2D eigenvalue weighted by molar-refractivity contribution is 8.00. The lowest BCUT2D eigenvalue weighted by molar-refractivity contribution is -0.120. The van der Waals surface area contributed by atoms with Gasteiger partial charge in [0.1, 0.15) is 12.4 Å². The Hall–Kier alpha value is -2.22. The highest BCUT2D eigenvalue weighted by atomic mass is 32.2. The molecule has 2 rings (SSSR count). The zero-order valence-electron chi connectivity index (χ0n) is 14.4. The van der Waals surface area contributed by atoms with E-state index < -0.39 is 0 Å². The first-order chi connectivity index (χ1) is 11.4. The fraction of sp³-hybridized carbons (Fsp3) is 0.438.